The SMILES string of the molecule is C=Cc1ccc(COC(=O)ON=C(c2ccc(SC)cc2)C(C)(C)N2CCOCC2)cc1. The van der Waals surface area contributed by atoms with Crippen molar-refractivity contribution in [2.45, 2.75) is 30.9 Å². The van der Waals surface area contributed by atoms with E-state index in [-0.39, 0.29) is 6.61 Å². The third-order valence-corrected chi connectivity index (χ3v) is 6.27. The Morgan fingerprint density at radius 1 is 1.16 bits per heavy atom. The van der Waals surface area contributed by atoms with Crippen LogP contribution in [0, 0.1) is 0 Å². The molecule has 0 radical (unpaired) electrons. The number of benzene rings is 2. The molecule has 170 valence electrons. The topological polar surface area (TPSA) is 60.4 Å². The van der Waals surface area contributed by atoms with Crippen molar-refractivity contribution in [3.63, 3.8) is 0 Å². The van der Waals surface area contributed by atoms with E-state index in [4.69, 9.17) is 14.3 Å². The van der Waals surface area contributed by atoms with Crippen LogP contribution in [0.5, 0.6) is 0 Å². The fourth-order valence-corrected chi connectivity index (χ4v) is 3.95. The Morgan fingerprint density at radius 2 is 1.81 bits per heavy atom. The molecule has 3 rings (SSSR count). The van der Waals surface area contributed by atoms with Crippen LogP contribution in [0.15, 0.2) is 65.2 Å². The van der Waals surface area contributed by atoms with Gasteiger partial charge in [-0.05, 0) is 43.4 Å². The number of morpholine rings is 1. The van der Waals surface area contributed by atoms with Crippen LogP contribution in [0.4, 0.5) is 4.79 Å². The van der Waals surface area contributed by atoms with Gasteiger partial charge in [-0.25, -0.2) is 4.79 Å². The number of oxime groups is 1. The van der Waals surface area contributed by atoms with E-state index in [1.54, 1.807) is 17.8 Å². The van der Waals surface area contributed by atoms with Gasteiger partial charge in [0, 0.05) is 23.5 Å². The Morgan fingerprint density at radius 3 is 2.41 bits per heavy atom. The van der Waals surface area contributed by atoms with Crippen molar-refractivity contribution < 1.29 is 19.1 Å². The van der Waals surface area contributed by atoms with Crippen LogP contribution in [0.25, 0.3) is 6.08 Å². The average molecular weight is 455 g/mol. The normalized spacial score (nSPS) is 15.3. The van der Waals surface area contributed by atoms with E-state index in [1.807, 2.05) is 54.8 Å². The largest absolute Gasteiger partial charge is 0.535 e. The zero-order valence-electron chi connectivity index (χ0n) is 18.9. The Hall–Kier alpha value is -2.61. The molecule has 0 saturated carbocycles. The predicted octanol–water partition coefficient (Wildman–Crippen LogP) is 5.22. The molecule has 0 N–H and O–H groups in total. The molecule has 0 spiro atoms. The monoisotopic (exact) mass is 454 g/mol. The second-order valence-electron chi connectivity index (χ2n) is 7.90. The summed E-state index contributed by atoms with van der Waals surface area (Å²) in [6.45, 7) is 10.9. The standard InChI is InChI=1S/C25H30N2O4S/c1-5-19-6-8-20(9-7-19)18-30-24(28)31-26-23(21-10-12-22(32-4)13-11-21)25(2,3)27-14-16-29-17-15-27/h5-13H,1,14-18H2,2-4H3. The molecule has 0 bridgehead atoms. The third kappa shape index (κ3) is 6.22. The maximum atomic E-state index is 12.3. The lowest BCUT2D eigenvalue weighted by molar-refractivity contribution is 0.00838. The fraction of sp³-hybridized carbons (Fsp3) is 0.360. The second-order valence-corrected chi connectivity index (χ2v) is 8.78. The van der Waals surface area contributed by atoms with Crippen LogP contribution < -0.4 is 0 Å². The summed E-state index contributed by atoms with van der Waals surface area (Å²) >= 11 is 1.67. The molecule has 0 aliphatic carbocycles. The van der Waals surface area contributed by atoms with Crippen molar-refractivity contribution >= 4 is 29.7 Å². The van der Waals surface area contributed by atoms with Gasteiger partial charge in [-0.3, -0.25) is 9.74 Å². The summed E-state index contributed by atoms with van der Waals surface area (Å²) in [7, 11) is 0. The van der Waals surface area contributed by atoms with E-state index >= 15 is 0 Å². The first kappa shape index (κ1) is 24.0. The smallest absolute Gasteiger partial charge is 0.428 e. The minimum atomic E-state index is -0.839. The number of hydrogen-bond donors (Lipinski definition) is 0. The highest BCUT2D eigenvalue weighted by Crippen LogP contribution is 2.25. The summed E-state index contributed by atoms with van der Waals surface area (Å²) in [6.07, 6.45) is 2.96. The van der Waals surface area contributed by atoms with Gasteiger partial charge in [-0.15, -0.1) is 11.8 Å². The van der Waals surface area contributed by atoms with Crippen LogP contribution in [0.1, 0.15) is 30.5 Å². The minimum absolute atomic E-state index is 0.108. The van der Waals surface area contributed by atoms with Crippen LogP contribution in [-0.4, -0.2) is 54.9 Å². The second kappa shape index (κ2) is 11.3. The molecule has 0 aromatic heterocycles. The van der Waals surface area contributed by atoms with E-state index < -0.39 is 11.7 Å². The summed E-state index contributed by atoms with van der Waals surface area (Å²) < 4.78 is 10.8. The van der Waals surface area contributed by atoms with Crippen LogP contribution in [0.3, 0.4) is 0 Å². The van der Waals surface area contributed by atoms with Crippen LogP contribution >= 0.6 is 11.8 Å². The molecule has 1 aliphatic rings. The van der Waals surface area contributed by atoms with Crippen LogP contribution in [-0.2, 0) is 20.9 Å². The molecule has 0 atom stereocenters. The van der Waals surface area contributed by atoms with Gasteiger partial charge in [0.1, 0.15) is 12.3 Å². The Labute approximate surface area is 194 Å². The van der Waals surface area contributed by atoms with E-state index in [0.717, 1.165) is 34.7 Å². The molecule has 1 heterocycles. The molecule has 0 amide bonds. The summed E-state index contributed by atoms with van der Waals surface area (Å²) in [5, 5.41) is 4.28. The highest BCUT2D eigenvalue weighted by Gasteiger charge is 2.35. The number of thioether (sulfide) groups is 1. The summed E-state index contributed by atoms with van der Waals surface area (Å²) in [5.41, 5.74) is 2.96. The fourth-order valence-electron chi connectivity index (χ4n) is 3.54. The molecule has 2 aromatic rings. The number of nitrogens with zero attached hydrogens (tertiary/aromatic N) is 2. The predicted molar refractivity (Wildman–Crippen MR) is 129 cm³/mol. The van der Waals surface area contributed by atoms with Gasteiger partial charge in [0.25, 0.3) is 0 Å². The first-order chi connectivity index (χ1) is 15.4. The first-order valence-electron chi connectivity index (χ1n) is 10.5. The molecule has 7 heteroatoms. The molecule has 1 fully saturated rings. The molecular weight excluding hydrogens is 424 g/mol. The summed E-state index contributed by atoms with van der Waals surface area (Å²) in [5.74, 6) is 0. The highest BCUT2D eigenvalue weighted by atomic mass is 32.2. The summed E-state index contributed by atoms with van der Waals surface area (Å²) in [6, 6.07) is 15.7. The third-order valence-electron chi connectivity index (χ3n) is 5.53. The molecule has 0 unspecified atom stereocenters. The number of rotatable bonds is 8. The van der Waals surface area contributed by atoms with Gasteiger partial charge in [0.15, 0.2) is 0 Å². The van der Waals surface area contributed by atoms with Gasteiger partial charge >= 0.3 is 6.16 Å². The quantitative estimate of drug-likeness (QED) is 0.179. The van der Waals surface area contributed by atoms with Crippen molar-refractivity contribution in [1.29, 1.82) is 0 Å². The van der Waals surface area contributed by atoms with Gasteiger partial charge in [-0.1, -0.05) is 54.2 Å². The van der Waals surface area contributed by atoms with E-state index in [9.17, 15) is 4.79 Å². The maximum Gasteiger partial charge on any atom is 0.535 e. The Balaban J connectivity index is 1.75. The molecular formula is C25H30N2O4S. The summed E-state index contributed by atoms with van der Waals surface area (Å²) in [4.78, 5) is 20.9. The Kier molecular flexibility index (Phi) is 8.50. The average Bonchev–Trinajstić information content (AvgIpc) is 2.84. The van der Waals surface area contributed by atoms with Gasteiger partial charge in [-0.2, -0.15) is 0 Å². The van der Waals surface area contributed by atoms with Crippen molar-refractivity contribution in [3.8, 4) is 0 Å². The lowest BCUT2D eigenvalue weighted by atomic mass is 9.90. The van der Waals surface area contributed by atoms with Gasteiger partial charge < -0.3 is 9.47 Å². The van der Waals surface area contributed by atoms with E-state index in [2.05, 4.69) is 30.5 Å². The number of hydrogen-bond acceptors (Lipinski definition) is 7. The van der Waals surface area contributed by atoms with Crippen molar-refractivity contribution in [2.24, 2.45) is 5.16 Å². The maximum absolute atomic E-state index is 12.3. The lowest BCUT2D eigenvalue weighted by Gasteiger charge is -2.41. The van der Waals surface area contributed by atoms with Crippen molar-refractivity contribution in [1.82, 2.24) is 4.90 Å². The Bertz CT molecular complexity index is 933. The molecule has 6 nitrogen and oxygen atoms in total. The van der Waals surface area contributed by atoms with Crippen molar-refractivity contribution in [2.75, 3.05) is 32.6 Å². The number of ether oxygens (including phenoxy) is 2. The van der Waals surface area contributed by atoms with Crippen molar-refractivity contribution in [3.05, 3.63) is 71.8 Å². The molecule has 1 aliphatic heterocycles. The number of carbonyl (C=O) groups is 1. The van der Waals surface area contributed by atoms with Gasteiger partial charge in [0.2, 0.25) is 0 Å². The minimum Gasteiger partial charge on any atom is -0.428 e. The zero-order valence-corrected chi connectivity index (χ0v) is 19.7. The first-order valence-corrected chi connectivity index (χ1v) is 11.8. The molecule has 2 aromatic carbocycles. The van der Waals surface area contributed by atoms with Crippen LogP contribution in [0.2, 0.25) is 0 Å². The van der Waals surface area contributed by atoms with E-state index in [0.29, 0.717) is 18.9 Å². The number of carbonyl (C=O) groups excluding carboxylic acids is 1. The molecule has 1 saturated heterocycles. The zero-order chi connectivity index (χ0) is 23.0. The molecule has 32 heavy (non-hydrogen) atoms. The highest BCUT2D eigenvalue weighted by molar-refractivity contribution is 7.98. The van der Waals surface area contributed by atoms with E-state index in [1.165, 1.54) is 0 Å². The lowest BCUT2D eigenvalue weighted by Crippen LogP contribution is -2.54. The van der Waals surface area contributed by atoms with Gasteiger partial charge in [0.05, 0.1) is 18.8 Å².